The zero-order valence-electron chi connectivity index (χ0n) is 8.96. The van der Waals surface area contributed by atoms with Crippen molar-refractivity contribution in [3.63, 3.8) is 0 Å². The highest BCUT2D eigenvalue weighted by Crippen LogP contribution is 2.02. The summed E-state index contributed by atoms with van der Waals surface area (Å²) in [6.45, 7) is 4.15. The van der Waals surface area contributed by atoms with E-state index in [0.29, 0.717) is 6.61 Å². The lowest BCUT2D eigenvalue weighted by Crippen LogP contribution is -2.52. The van der Waals surface area contributed by atoms with E-state index in [4.69, 9.17) is 16.9 Å². The topological polar surface area (TPSA) is 64.4 Å². The van der Waals surface area contributed by atoms with E-state index < -0.39 is 11.6 Å². The Balaban J connectivity index is 4.11. The third-order valence-electron chi connectivity index (χ3n) is 1.64. The first-order chi connectivity index (χ1) is 6.43. The van der Waals surface area contributed by atoms with E-state index >= 15 is 0 Å². The second kappa shape index (κ2) is 5.63. The molecule has 0 aromatic rings. The minimum Gasteiger partial charge on any atom is -0.382 e. The molecule has 0 fully saturated rings. The largest absolute Gasteiger partial charge is 0.382 e. The van der Waals surface area contributed by atoms with Crippen molar-refractivity contribution in [2.24, 2.45) is 5.73 Å². The molecule has 0 spiro atoms. The fourth-order valence-corrected chi connectivity index (χ4v) is 1.04. The Hall–Kier alpha value is -1.05. The average Bonchev–Trinajstić information content (AvgIpc) is 2.03. The zero-order valence-corrected chi connectivity index (χ0v) is 8.96. The lowest BCUT2D eigenvalue weighted by molar-refractivity contribution is -0.124. The standard InChI is InChI=1S/C10H18N2O2/c1-5-6-8(11)9(13)12-10(2,3)7-14-4/h1,8H,6-7,11H2,2-4H3,(H,12,13). The number of hydrogen-bond donors (Lipinski definition) is 2. The molecule has 4 nitrogen and oxygen atoms in total. The van der Waals surface area contributed by atoms with Gasteiger partial charge in [-0.25, -0.2) is 0 Å². The predicted molar refractivity (Wildman–Crippen MR) is 55.5 cm³/mol. The van der Waals surface area contributed by atoms with E-state index in [2.05, 4.69) is 11.2 Å². The van der Waals surface area contributed by atoms with Gasteiger partial charge >= 0.3 is 0 Å². The number of rotatable bonds is 5. The Bertz CT molecular complexity index is 231. The van der Waals surface area contributed by atoms with Gasteiger partial charge in [-0.3, -0.25) is 4.79 Å². The van der Waals surface area contributed by atoms with Crippen molar-refractivity contribution in [2.75, 3.05) is 13.7 Å². The fraction of sp³-hybridized carbons (Fsp3) is 0.700. The van der Waals surface area contributed by atoms with Gasteiger partial charge in [0, 0.05) is 13.5 Å². The molecule has 80 valence electrons. The van der Waals surface area contributed by atoms with Crippen molar-refractivity contribution in [1.82, 2.24) is 5.32 Å². The number of nitrogens with one attached hydrogen (secondary N) is 1. The molecule has 0 aromatic carbocycles. The molecule has 0 aliphatic heterocycles. The minimum absolute atomic E-state index is 0.245. The summed E-state index contributed by atoms with van der Waals surface area (Å²) in [6, 6.07) is -0.642. The number of nitrogens with two attached hydrogens (primary N) is 1. The maximum absolute atomic E-state index is 11.4. The van der Waals surface area contributed by atoms with Gasteiger partial charge in [0.05, 0.1) is 18.2 Å². The van der Waals surface area contributed by atoms with Gasteiger partial charge in [0.15, 0.2) is 0 Å². The molecule has 0 aliphatic carbocycles. The van der Waals surface area contributed by atoms with Crippen LogP contribution >= 0.6 is 0 Å². The first kappa shape index (κ1) is 12.9. The van der Waals surface area contributed by atoms with Gasteiger partial charge in [0.1, 0.15) is 0 Å². The predicted octanol–water partition coefficient (Wildman–Crippen LogP) is -0.122. The molecular weight excluding hydrogens is 180 g/mol. The van der Waals surface area contributed by atoms with Crippen molar-refractivity contribution in [3.05, 3.63) is 0 Å². The number of terminal acetylenes is 1. The second-order valence-electron chi connectivity index (χ2n) is 3.82. The first-order valence-electron chi connectivity index (χ1n) is 4.43. The van der Waals surface area contributed by atoms with Gasteiger partial charge in [-0.05, 0) is 13.8 Å². The van der Waals surface area contributed by atoms with Crippen LogP contribution in [0, 0.1) is 12.3 Å². The maximum Gasteiger partial charge on any atom is 0.238 e. The first-order valence-corrected chi connectivity index (χ1v) is 4.43. The SMILES string of the molecule is C#CCC(N)C(=O)NC(C)(C)COC. The van der Waals surface area contributed by atoms with Gasteiger partial charge < -0.3 is 15.8 Å². The van der Waals surface area contributed by atoms with E-state index in [0.717, 1.165) is 0 Å². The molecule has 1 unspecified atom stereocenters. The lowest BCUT2D eigenvalue weighted by atomic mass is 10.1. The van der Waals surface area contributed by atoms with Crippen LogP contribution in [0.1, 0.15) is 20.3 Å². The van der Waals surface area contributed by atoms with Gasteiger partial charge in [0.25, 0.3) is 0 Å². The maximum atomic E-state index is 11.4. The van der Waals surface area contributed by atoms with Crippen molar-refractivity contribution in [1.29, 1.82) is 0 Å². The van der Waals surface area contributed by atoms with Crippen LogP contribution in [-0.2, 0) is 9.53 Å². The molecule has 0 aromatic heterocycles. The molecule has 14 heavy (non-hydrogen) atoms. The average molecular weight is 198 g/mol. The molecule has 0 radical (unpaired) electrons. The van der Waals surface area contributed by atoms with Crippen molar-refractivity contribution >= 4 is 5.91 Å². The number of amides is 1. The number of methoxy groups -OCH3 is 1. The van der Waals surface area contributed by atoms with Gasteiger partial charge in [0.2, 0.25) is 5.91 Å². The molecule has 0 rings (SSSR count). The van der Waals surface area contributed by atoms with Crippen LogP contribution in [0.4, 0.5) is 0 Å². The normalized spacial score (nSPS) is 13.1. The number of carbonyl (C=O) groups is 1. The zero-order chi connectivity index (χ0) is 11.2. The fourth-order valence-electron chi connectivity index (χ4n) is 1.04. The molecule has 0 heterocycles. The smallest absolute Gasteiger partial charge is 0.238 e. The van der Waals surface area contributed by atoms with Crippen LogP contribution in [0.5, 0.6) is 0 Å². The van der Waals surface area contributed by atoms with E-state index in [1.165, 1.54) is 0 Å². The molecule has 0 saturated carbocycles. The Morgan fingerprint density at radius 1 is 1.71 bits per heavy atom. The van der Waals surface area contributed by atoms with Gasteiger partial charge in [-0.1, -0.05) is 0 Å². The number of ether oxygens (including phenoxy) is 1. The molecule has 0 aliphatic rings. The van der Waals surface area contributed by atoms with Crippen LogP contribution in [-0.4, -0.2) is 31.2 Å². The Morgan fingerprint density at radius 2 is 2.29 bits per heavy atom. The monoisotopic (exact) mass is 198 g/mol. The van der Waals surface area contributed by atoms with Crippen LogP contribution in [0.15, 0.2) is 0 Å². The van der Waals surface area contributed by atoms with Gasteiger partial charge in [-0.15, -0.1) is 12.3 Å². The summed E-state index contributed by atoms with van der Waals surface area (Å²) < 4.78 is 4.95. The van der Waals surface area contributed by atoms with Crippen molar-refractivity contribution in [2.45, 2.75) is 31.8 Å². The summed E-state index contributed by atoms with van der Waals surface area (Å²) in [7, 11) is 1.58. The molecule has 3 N–H and O–H groups in total. The third-order valence-corrected chi connectivity index (χ3v) is 1.64. The molecule has 1 atom stereocenters. The van der Waals surface area contributed by atoms with Crippen molar-refractivity contribution in [3.8, 4) is 12.3 Å². The highest BCUT2D eigenvalue weighted by molar-refractivity contribution is 5.82. The summed E-state index contributed by atoms with van der Waals surface area (Å²) in [5.74, 6) is 2.10. The highest BCUT2D eigenvalue weighted by atomic mass is 16.5. The van der Waals surface area contributed by atoms with E-state index in [1.54, 1.807) is 7.11 Å². The Kier molecular flexibility index (Phi) is 5.21. The molecular formula is C10H18N2O2. The second-order valence-corrected chi connectivity index (χ2v) is 3.82. The third kappa shape index (κ3) is 4.85. The molecule has 0 bridgehead atoms. The Morgan fingerprint density at radius 3 is 2.71 bits per heavy atom. The summed E-state index contributed by atoms with van der Waals surface area (Å²) in [4.78, 5) is 11.4. The van der Waals surface area contributed by atoms with Gasteiger partial charge in [-0.2, -0.15) is 0 Å². The molecule has 4 heteroatoms. The van der Waals surface area contributed by atoms with E-state index in [1.807, 2.05) is 13.8 Å². The minimum atomic E-state index is -0.642. The van der Waals surface area contributed by atoms with Crippen LogP contribution in [0.2, 0.25) is 0 Å². The van der Waals surface area contributed by atoms with Crippen molar-refractivity contribution < 1.29 is 9.53 Å². The number of carbonyl (C=O) groups excluding carboxylic acids is 1. The van der Waals surface area contributed by atoms with E-state index in [9.17, 15) is 4.79 Å². The van der Waals surface area contributed by atoms with Crippen LogP contribution < -0.4 is 11.1 Å². The Labute approximate surface area is 85.2 Å². The summed E-state index contributed by atoms with van der Waals surface area (Å²) >= 11 is 0. The summed E-state index contributed by atoms with van der Waals surface area (Å²) in [6.07, 6.45) is 5.30. The number of hydrogen-bond acceptors (Lipinski definition) is 3. The summed E-state index contributed by atoms with van der Waals surface area (Å²) in [5, 5.41) is 2.76. The summed E-state index contributed by atoms with van der Waals surface area (Å²) in [5.41, 5.74) is 5.12. The molecule has 1 amide bonds. The van der Waals surface area contributed by atoms with Crippen LogP contribution in [0.3, 0.4) is 0 Å². The highest BCUT2D eigenvalue weighted by Gasteiger charge is 2.23. The lowest BCUT2D eigenvalue weighted by Gasteiger charge is -2.26. The van der Waals surface area contributed by atoms with Crippen LogP contribution in [0.25, 0.3) is 0 Å². The molecule has 0 saturated heterocycles. The quantitative estimate of drug-likeness (QED) is 0.605. The van der Waals surface area contributed by atoms with E-state index in [-0.39, 0.29) is 12.3 Å².